The Labute approximate surface area is 123 Å². The van der Waals surface area contributed by atoms with Gasteiger partial charge in [-0.25, -0.2) is 9.18 Å². The number of fused-ring (bicyclic) bond motifs is 1. The van der Waals surface area contributed by atoms with Crippen LogP contribution in [0.3, 0.4) is 0 Å². The smallest absolute Gasteiger partial charge is 0.307 e. The topological polar surface area (TPSA) is 32.3 Å². The fourth-order valence-electron chi connectivity index (χ4n) is 2.73. The van der Waals surface area contributed by atoms with Crippen molar-refractivity contribution >= 4 is 17.4 Å². The minimum Gasteiger partial charge on any atom is -0.307 e. The summed E-state index contributed by atoms with van der Waals surface area (Å²) in [6, 6.07) is 12.5. The number of rotatable bonds is 1. The molecule has 0 spiro atoms. The van der Waals surface area contributed by atoms with E-state index in [0.717, 1.165) is 17.7 Å². The van der Waals surface area contributed by atoms with Crippen molar-refractivity contribution in [3.05, 3.63) is 59.4 Å². The Hall–Kier alpha value is -2.36. The van der Waals surface area contributed by atoms with Crippen molar-refractivity contribution in [2.24, 2.45) is 0 Å². The molecule has 0 bridgehead atoms. The molecule has 1 aliphatic heterocycles. The third-order valence-corrected chi connectivity index (χ3v) is 3.85. The van der Waals surface area contributed by atoms with Crippen LogP contribution in [0.2, 0.25) is 0 Å². The van der Waals surface area contributed by atoms with Gasteiger partial charge in [0, 0.05) is 17.4 Å². The highest BCUT2D eigenvalue weighted by atomic mass is 19.1. The van der Waals surface area contributed by atoms with Crippen LogP contribution in [0.1, 0.15) is 18.1 Å². The Bertz CT molecular complexity index is 699. The number of amides is 2. The number of aryl methyl sites for hydroxylation is 1. The zero-order chi connectivity index (χ0) is 15.0. The standard InChI is InChI=1S/C17H17FN2O/c1-11-7-8-14(10-15(11)18)19-17(21)20-12(2)9-13-5-3-4-6-16(13)20/h3-8,10,12H,9H2,1-2H3,(H,19,21)/t12-/m1/s1. The second-order valence-electron chi connectivity index (χ2n) is 5.45. The first-order chi connectivity index (χ1) is 10.1. The van der Waals surface area contributed by atoms with Crippen molar-refractivity contribution in [1.82, 2.24) is 0 Å². The molecular weight excluding hydrogens is 267 g/mol. The first-order valence-electron chi connectivity index (χ1n) is 7.00. The van der Waals surface area contributed by atoms with Gasteiger partial charge in [0.25, 0.3) is 0 Å². The third-order valence-electron chi connectivity index (χ3n) is 3.85. The number of carbonyl (C=O) groups excluding carboxylic acids is 1. The summed E-state index contributed by atoms with van der Waals surface area (Å²) >= 11 is 0. The van der Waals surface area contributed by atoms with Gasteiger partial charge >= 0.3 is 6.03 Å². The molecule has 2 aromatic carbocycles. The molecule has 2 aromatic rings. The molecular formula is C17H17FN2O. The molecule has 21 heavy (non-hydrogen) atoms. The Balaban J connectivity index is 1.84. The molecule has 108 valence electrons. The number of hydrogen-bond acceptors (Lipinski definition) is 1. The number of para-hydroxylation sites is 1. The van der Waals surface area contributed by atoms with E-state index >= 15 is 0 Å². The van der Waals surface area contributed by atoms with Crippen molar-refractivity contribution in [2.45, 2.75) is 26.3 Å². The summed E-state index contributed by atoms with van der Waals surface area (Å²) in [7, 11) is 0. The van der Waals surface area contributed by atoms with Crippen molar-refractivity contribution < 1.29 is 9.18 Å². The minimum atomic E-state index is -0.317. The first kappa shape index (κ1) is 13.6. The predicted molar refractivity (Wildman–Crippen MR) is 82.2 cm³/mol. The lowest BCUT2D eigenvalue weighted by Gasteiger charge is -2.23. The van der Waals surface area contributed by atoms with Gasteiger partial charge in [-0.15, -0.1) is 0 Å². The van der Waals surface area contributed by atoms with Gasteiger partial charge in [0.05, 0.1) is 0 Å². The number of anilines is 2. The highest BCUT2D eigenvalue weighted by Crippen LogP contribution is 2.32. The molecule has 1 N–H and O–H groups in total. The van der Waals surface area contributed by atoms with Crippen molar-refractivity contribution in [3.8, 4) is 0 Å². The van der Waals surface area contributed by atoms with Crippen molar-refractivity contribution in [2.75, 3.05) is 10.2 Å². The monoisotopic (exact) mass is 284 g/mol. The van der Waals surface area contributed by atoms with Gasteiger partial charge in [-0.3, -0.25) is 4.90 Å². The molecule has 1 heterocycles. The maximum atomic E-state index is 13.6. The molecule has 4 heteroatoms. The number of hydrogen-bond donors (Lipinski definition) is 1. The SMILES string of the molecule is Cc1ccc(NC(=O)N2c3ccccc3C[C@H]2C)cc1F. The molecule has 1 aliphatic rings. The Morgan fingerprint density at radius 1 is 1.29 bits per heavy atom. The van der Waals surface area contributed by atoms with Crippen LogP contribution in [0.5, 0.6) is 0 Å². The Morgan fingerprint density at radius 3 is 2.81 bits per heavy atom. The average molecular weight is 284 g/mol. The van der Waals surface area contributed by atoms with Crippen LogP contribution < -0.4 is 10.2 Å². The summed E-state index contributed by atoms with van der Waals surface area (Å²) in [5.41, 5.74) is 3.12. The Morgan fingerprint density at radius 2 is 2.05 bits per heavy atom. The van der Waals surface area contributed by atoms with Crippen molar-refractivity contribution in [1.29, 1.82) is 0 Å². The zero-order valence-electron chi connectivity index (χ0n) is 12.1. The molecule has 2 amide bonds. The van der Waals surface area contributed by atoms with E-state index in [1.807, 2.05) is 31.2 Å². The van der Waals surface area contributed by atoms with Crippen LogP contribution in [-0.4, -0.2) is 12.1 Å². The van der Waals surface area contributed by atoms with Gasteiger partial charge in [-0.1, -0.05) is 24.3 Å². The van der Waals surface area contributed by atoms with E-state index in [0.29, 0.717) is 11.3 Å². The number of nitrogens with zero attached hydrogens (tertiary/aromatic N) is 1. The van der Waals surface area contributed by atoms with E-state index < -0.39 is 0 Å². The lowest BCUT2D eigenvalue weighted by molar-refractivity contribution is 0.256. The van der Waals surface area contributed by atoms with E-state index in [2.05, 4.69) is 5.32 Å². The average Bonchev–Trinajstić information content (AvgIpc) is 2.78. The highest BCUT2D eigenvalue weighted by molar-refractivity contribution is 6.03. The largest absolute Gasteiger partial charge is 0.326 e. The first-order valence-corrected chi connectivity index (χ1v) is 7.00. The van der Waals surface area contributed by atoms with Crippen LogP contribution in [0.25, 0.3) is 0 Å². The van der Waals surface area contributed by atoms with E-state index in [1.54, 1.807) is 24.0 Å². The molecule has 0 aromatic heterocycles. The number of benzene rings is 2. The van der Waals surface area contributed by atoms with Gasteiger partial charge in [-0.05, 0) is 49.6 Å². The number of urea groups is 1. The molecule has 1 atom stereocenters. The molecule has 0 unspecified atom stereocenters. The van der Waals surface area contributed by atoms with Crippen LogP contribution >= 0.6 is 0 Å². The van der Waals surface area contributed by atoms with Crippen molar-refractivity contribution in [3.63, 3.8) is 0 Å². The molecule has 3 nitrogen and oxygen atoms in total. The molecule has 0 saturated heterocycles. The summed E-state index contributed by atoms with van der Waals surface area (Å²) in [5, 5.41) is 2.77. The number of carbonyl (C=O) groups is 1. The van der Waals surface area contributed by atoms with E-state index in [4.69, 9.17) is 0 Å². The van der Waals surface area contributed by atoms with Gasteiger partial charge in [-0.2, -0.15) is 0 Å². The number of halogens is 1. The third kappa shape index (κ3) is 2.49. The van der Waals surface area contributed by atoms with Crippen LogP contribution in [0.4, 0.5) is 20.6 Å². The normalized spacial score (nSPS) is 16.7. The summed E-state index contributed by atoms with van der Waals surface area (Å²) < 4.78 is 13.6. The summed E-state index contributed by atoms with van der Waals surface area (Å²) in [4.78, 5) is 14.2. The van der Waals surface area contributed by atoms with E-state index in [9.17, 15) is 9.18 Å². The minimum absolute atomic E-state index is 0.0951. The Kier molecular flexibility index (Phi) is 3.37. The second-order valence-corrected chi connectivity index (χ2v) is 5.45. The second kappa shape index (κ2) is 5.20. The lowest BCUT2D eigenvalue weighted by Crippen LogP contribution is -2.39. The van der Waals surface area contributed by atoms with Gasteiger partial charge < -0.3 is 5.32 Å². The molecule has 0 fully saturated rings. The van der Waals surface area contributed by atoms with Gasteiger partial charge in [0.1, 0.15) is 5.82 Å². The lowest BCUT2D eigenvalue weighted by atomic mass is 10.1. The summed E-state index contributed by atoms with van der Waals surface area (Å²) in [5.74, 6) is -0.317. The van der Waals surface area contributed by atoms with Crippen LogP contribution in [-0.2, 0) is 6.42 Å². The summed E-state index contributed by atoms with van der Waals surface area (Å²) in [6.45, 7) is 3.70. The summed E-state index contributed by atoms with van der Waals surface area (Å²) in [6.07, 6.45) is 0.839. The fraction of sp³-hybridized carbons (Fsp3) is 0.235. The molecule has 0 aliphatic carbocycles. The van der Waals surface area contributed by atoms with Gasteiger partial charge in [0.2, 0.25) is 0 Å². The maximum Gasteiger partial charge on any atom is 0.326 e. The van der Waals surface area contributed by atoms with Gasteiger partial charge in [0.15, 0.2) is 0 Å². The molecule has 3 rings (SSSR count). The van der Waals surface area contributed by atoms with Crippen LogP contribution in [0, 0.1) is 12.7 Å². The number of nitrogens with one attached hydrogen (secondary N) is 1. The zero-order valence-corrected chi connectivity index (χ0v) is 12.1. The van der Waals surface area contributed by atoms with E-state index in [-0.39, 0.29) is 17.9 Å². The molecule has 0 saturated carbocycles. The van der Waals surface area contributed by atoms with Crippen LogP contribution in [0.15, 0.2) is 42.5 Å². The quantitative estimate of drug-likeness (QED) is 0.839. The predicted octanol–water partition coefficient (Wildman–Crippen LogP) is 4.12. The molecule has 0 radical (unpaired) electrons. The van der Waals surface area contributed by atoms with E-state index in [1.165, 1.54) is 6.07 Å². The highest BCUT2D eigenvalue weighted by Gasteiger charge is 2.30. The maximum absolute atomic E-state index is 13.6. The fourth-order valence-corrected chi connectivity index (χ4v) is 2.73.